The van der Waals surface area contributed by atoms with Crippen molar-refractivity contribution in [3.05, 3.63) is 57.2 Å². The molecule has 0 saturated carbocycles. The Hall–Kier alpha value is -1.40. The van der Waals surface area contributed by atoms with Crippen LogP contribution in [0, 0.1) is 0 Å². The van der Waals surface area contributed by atoms with Crippen molar-refractivity contribution in [2.24, 2.45) is 0 Å². The van der Waals surface area contributed by atoms with E-state index in [9.17, 15) is 4.79 Å². The van der Waals surface area contributed by atoms with Crippen LogP contribution < -0.4 is 5.32 Å². The van der Waals surface area contributed by atoms with E-state index >= 15 is 0 Å². The van der Waals surface area contributed by atoms with Gasteiger partial charge in [-0.25, -0.2) is 0 Å². The van der Waals surface area contributed by atoms with Crippen LogP contribution in [0.3, 0.4) is 0 Å². The normalized spacial score (nSPS) is 17.2. The Morgan fingerprint density at radius 3 is 2.73 bits per heavy atom. The molecule has 2 heterocycles. The molecule has 0 bridgehead atoms. The van der Waals surface area contributed by atoms with Crippen LogP contribution in [0.4, 0.5) is 0 Å². The third kappa shape index (κ3) is 5.55. The number of piperazine rings is 1. The second-order valence-corrected chi connectivity index (χ2v) is 8.22. The van der Waals surface area contributed by atoms with E-state index in [0.29, 0.717) is 19.4 Å². The first-order chi connectivity index (χ1) is 12.6. The number of aryl methyl sites for hydroxylation is 1. The maximum absolute atomic E-state index is 12.3. The van der Waals surface area contributed by atoms with Crippen LogP contribution in [0.1, 0.15) is 22.9 Å². The van der Waals surface area contributed by atoms with Crippen LogP contribution in [0.2, 0.25) is 5.02 Å². The summed E-state index contributed by atoms with van der Waals surface area (Å²) in [4.78, 5) is 18.5. The van der Waals surface area contributed by atoms with Gasteiger partial charge in [-0.05, 0) is 42.6 Å². The molecule has 1 N–H and O–H groups in total. The molecule has 1 saturated heterocycles. The van der Waals surface area contributed by atoms with E-state index in [2.05, 4.69) is 39.7 Å². The molecule has 0 spiro atoms. The first-order valence-electron chi connectivity index (χ1n) is 9.09. The molecule has 1 amide bonds. The number of benzene rings is 1. The van der Waals surface area contributed by atoms with Gasteiger partial charge >= 0.3 is 0 Å². The van der Waals surface area contributed by atoms with Gasteiger partial charge in [0.15, 0.2) is 0 Å². The van der Waals surface area contributed by atoms with Gasteiger partial charge in [-0.15, -0.1) is 11.3 Å². The van der Waals surface area contributed by atoms with Crippen LogP contribution in [0.25, 0.3) is 0 Å². The third-order valence-electron chi connectivity index (χ3n) is 4.87. The Balaban J connectivity index is 1.53. The van der Waals surface area contributed by atoms with Crippen molar-refractivity contribution >= 4 is 28.8 Å². The number of thiophene rings is 1. The molecule has 3 rings (SSSR count). The average molecular weight is 392 g/mol. The van der Waals surface area contributed by atoms with E-state index in [0.717, 1.165) is 36.8 Å². The second kappa shape index (κ2) is 9.51. The minimum atomic E-state index is 0.0978. The number of nitrogens with zero attached hydrogens (tertiary/aromatic N) is 2. The molecule has 140 valence electrons. The average Bonchev–Trinajstić information content (AvgIpc) is 3.16. The lowest BCUT2D eigenvalue weighted by molar-refractivity contribution is -0.121. The first-order valence-corrected chi connectivity index (χ1v) is 10.3. The van der Waals surface area contributed by atoms with E-state index in [1.807, 2.05) is 24.3 Å². The zero-order valence-electron chi connectivity index (χ0n) is 15.2. The summed E-state index contributed by atoms with van der Waals surface area (Å²) in [7, 11) is 2.16. The van der Waals surface area contributed by atoms with Gasteiger partial charge in [0.1, 0.15) is 0 Å². The highest BCUT2D eigenvalue weighted by molar-refractivity contribution is 7.10. The zero-order valence-corrected chi connectivity index (χ0v) is 16.7. The maximum Gasteiger partial charge on any atom is 0.220 e. The Morgan fingerprint density at radius 2 is 2.04 bits per heavy atom. The number of amides is 1. The number of likely N-dealkylation sites (N-methyl/N-ethyl adjacent to an activating group) is 1. The highest BCUT2D eigenvalue weighted by atomic mass is 35.5. The van der Waals surface area contributed by atoms with Gasteiger partial charge in [-0.3, -0.25) is 9.69 Å². The summed E-state index contributed by atoms with van der Waals surface area (Å²) in [6.07, 6.45) is 1.20. The number of nitrogens with one attached hydrogen (secondary N) is 1. The largest absolute Gasteiger partial charge is 0.354 e. The summed E-state index contributed by atoms with van der Waals surface area (Å²) < 4.78 is 0. The van der Waals surface area contributed by atoms with Gasteiger partial charge in [-0.1, -0.05) is 29.8 Å². The predicted molar refractivity (Wildman–Crippen MR) is 109 cm³/mol. The predicted octanol–water partition coefficient (Wildman–Crippen LogP) is 3.44. The molecule has 1 fully saturated rings. The Labute approximate surface area is 164 Å². The quantitative estimate of drug-likeness (QED) is 0.785. The van der Waals surface area contributed by atoms with Gasteiger partial charge < -0.3 is 10.2 Å². The lowest BCUT2D eigenvalue weighted by Gasteiger charge is -2.37. The molecular formula is C20H26ClN3OS. The van der Waals surface area contributed by atoms with Crippen LogP contribution in [0.5, 0.6) is 0 Å². The van der Waals surface area contributed by atoms with Crippen LogP contribution in [-0.4, -0.2) is 55.5 Å². The number of carbonyl (C=O) groups is 1. The summed E-state index contributed by atoms with van der Waals surface area (Å²) in [5.74, 6) is 0.0978. The molecule has 1 aliphatic rings. The zero-order chi connectivity index (χ0) is 18.4. The topological polar surface area (TPSA) is 35.6 Å². The molecular weight excluding hydrogens is 366 g/mol. The van der Waals surface area contributed by atoms with Crippen molar-refractivity contribution in [1.82, 2.24) is 15.1 Å². The van der Waals surface area contributed by atoms with Gasteiger partial charge in [0.25, 0.3) is 0 Å². The highest BCUT2D eigenvalue weighted by Crippen LogP contribution is 2.25. The lowest BCUT2D eigenvalue weighted by Crippen LogP contribution is -2.48. The third-order valence-corrected chi connectivity index (χ3v) is 6.08. The Morgan fingerprint density at radius 1 is 1.23 bits per heavy atom. The Bertz CT molecular complexity index is 699. The molecule has 1 aromatic heterocycles. The monoisotopic (exact) mass is 391 g/mol. The Kier molecular flexibility index (Phi) is 7.08. The van der Waals surface area contributed by atoms with Crippen LogP contribution in [-0.2, 0) is 11.2 Å². The molecule has 0 radical (unpaired) electrons. The summed E-state index contributed by atoms with van der Waals surface area (Å²) in [5, 5.41) is 5.97. The lowest BCUT2D eigenvalue weighted by atomic mass is 10.1. The van der Waals surface area contributed by atoms with Crippen molar-refractivity contribution in [3.8, 4) is 0 Å². The number of carbonyl (C=O) groups excluding carboxylic acids is 1. The van der Waals surface area contributed by atoms with Crippen molar-refractivity contribution in [1.29, 1.82) is 0 Å². The van der Waals surface area contributed by atoms with E-state index in [1.54, 1.807) is 11.3 Å². The van der Waals surface area contributed by atoms with Gasteiger partial charge in [0, 0.05) is 49.0 Å². The van der Waals surface area contributed by atoms with Crippen molar-refractivity contribution < 1.29 is 4.79 Å². The highest BCUT2D eigenvalue weighted by Gasteiger charge is 2.25. The smallest absolute Gasteiger partial charge is 0.220 e. The van der Waals surface area contributed by atoms with Crippen molar-refractivity contribution in [2.75, 3.05) is 39.8 Å². The number of rotatable bonds is 7. The molecule has 4 nitrogen and oxygen atoms in total. The van der Waals surface area contributed by atoms with E-state index in [4.69, 9.17) is 11.6 Å². The molecule has 6 heteroatoms. The van der Waals surface area contributed by atoms with Gasteiger partial charge in [0.05, 0.1) is 6.04 Å². The molecule has 1 atom stereocenters. The van der Waals surface area contributed by atoms with E-state index < -0.39 is 0 Å². The minimum Gasteiger partial charge on any atom is -0.354 e. The molecule has 1 aliphatic heterocycles. The molecule has 1 unspecified atom stereocenters. The summed E-state index contributed by atoms with van der Waals surface area (Å²) >= 11 is 7.78. The maximum atomic E-state index is 12.3. The standard InChI is InChI=1S/C20H26ClN3OS/c1-23-9-11-24(12-10-23)18(19-6-3-13-26-19)15-22-20(25)8-7-16-4-2-5-17(21)14-16/h2-6,13-14,18H,7-12,15H2,1H3,(H,22,25). The fraction of sp³-hybridized carbons (Fsp3) is 0.450. The number of halogens is 1. The second-order valence-electron chi connectivity index (χ2n) is 6.80. The van der Waals surface area contributed by atoms with E-state index in [1.165, 1.54) is 4.88 Å². The molecule has 2 aromatic rings. The van der Waals surface area contributed by atoms with E-state index in [-0.39, 0.29) is 11.9 Å². The van der Waals surface area contributed by atoms with Gasteiger partial charge in [0.2, 0.25) is 5.91 Å². The first kappa shape index (κ1) is 19.4. The fourth-order valence-corrected chi connectivity index (χ4v) is 4.35. The summed E-state index contributed by atoms with van der Waals surface area (Å²) in [5.41, 5.74) is 1.10. The summed E-state index contributed by atoms with van der Waals surface area (Å²) in [6.45, 7) is 4.89. The van der Waals surface area contributed by atoms with Crippen molar-refractivity contribution in [3.63, 3.8) is 0 Å². The van der Waals surface area contributed by atoms with Crippen LogP contribution in [0.15, 0.2) is 41.8 Å². The SMILES string of the molecule is CN1CCN(C(CNC(=O)CCc2cccc(Cl)c2)c2cccs2)CC1. The van der Waals surface area contributed by atoms with Crippen molar-refractivity contribution in [2.45, 2.75) is 18.9 Å². The van der Waals surface area contributed by atoms with Gasteiger partial charge in [-0.2, -0.15) is 0 Å². The molecule has 0 aliphatic carbocycles. The molecule has 1 aromatic carbocycles. The number of hydrogen-bond acceptors (Lipinski definition) is 4. The number of hydrogen-bond donors (Lipinski definition) is 1. The molecule has 26 heavy (non-hydrogen) atoms. The minimum absolute atomic E-state index is 0.0978. The fourth-order valence-electron chi connectivity index (χ4n) is 3.27. The summed E-state index contributed by atoms with van der Waals surface area (Å²) in [6, 6.07) is 12.2. The van der Waals surface area contributed by atoms with Crippen LogP contribution >= 0.6 is 22.9 Å².